The second-order valence-electron chi connectivity index (χ2n) is 3.40. The van der Waals surface area contributed by atoms with Gasteiger partial charge in [-0.05, 0) is 30.5 Å². The summed E-state index contributed by atoms with van der Waals surface area (Å²) < 4.78 is 10.4. The van der Waals surface area contributed by atoms with E-state index in [4.69, 9.17) is 9.47 Å². The van der Waals surface area contributed by atoms with Crippen LogP contribution in [0.5, 0.6) is 11.5 Å². The fourth-order valence-corrected chi connectivity index (χ4v) is 1.78. The highest BCUT2D eigenvalue weighted by molar-refractivity contribution is 9.09. The van der Waals surface area contributed by atoms with E-state index >= 15 is 0 Å². The van der Waals surface area contributed by atoms with E-state index in [-0.39, 0.29) is 0 Å². The predicted molar refractivity (Wildman–Crippen MR) is 66.3 cm³/mol. The Morgan fingerprint density at radius 2 is 1.87 bits per heavy atom. The number of hydrogen-bond donors (Lipinski definition) is 0. The third kappa shape index (κ3) is 3.42. The molecule has 0 heterocycles. The first kappa shape index (κ1) is 12.4. The minimum absolute atomic E-state index is 0.524. The summed E-state index contributed by atoms with van der Waals surface area (Å²) >= 11 is 3.62. The molecule has 0 N–H and O–H groups in total. The maximum absolute atomic E-state index is 5.25. The van der Waals surface area contributed by atoms with Gasteiger partial charge in [0.25, 0.3) is 0 Å². The molecule has 84 valence electrons. The predicted octanol–water partition coefficient (Wildman–Crippen LogP) is 3.42. The first-order valence-electron chi connectivity index (χ1n) is 5.06. The molecular weight excluding hydrogens is 256 g/mol. The number of methoxy groups -OCH3 is 2. The minimum atomic E-state index is 0.524. The Morgan fingerprint density at radius 1 is 1.20 bits per heavy atom. The second kappa shape index (κ2) is 6.01. The van der Waals surface area contributed by atoms with E-state index in [0.717, 1.165) is 24.3 Å². The van der Waals surface area contributed by atoms with Gasteiger partial charge in [0, 0.05) is 4.83 Å². The average Bonchev–Trinajstić information content (AvgIpc) is 2.28. The van der Waals surface area contributed by atoms with E-state index in [1.165, 1.54) is 5.56 Å². The Labute approximate surface area is 99.7 Å². The number of halogens is 1. The molecular formula is C12H17BrO2. The zero-order chi connectivity index (χ0) is 11.3. The molecule has 1 atom stereocenters. The lowest BCUT2D eigenvalue weighted by Gasteiger charge is -2.11. The molecule has 0 saturated heterocycles. The summed E-state index contributed by atoms with van der Waals surface area (Å²) in [6.45, 7) is 2.17. The van der Waals surface area contributed by atoms with Crippen molar-refractivity contribution < 1.29 is 9.47 Å². The lowest BCUT2D eigenvalue weighted by molar-refractivity contribution is 0.354. The molecule has 0 saturated carbocycles. The van der Waals surface area contributed by atoms with E-state index in [0.29, 0.717) is 4.83 Å². The monoisotopic (exact) mass is 272 g/mol. The van der Waals surface area contributed by atoms with Crippen LogP contribution in [0.15, 0.2) is 18.2 Å². The molecule has 1 unspecified atom stereocenters. The van der Waals surface area contributed by atoms with Gasteiger partial charge < -0.3 is 9.47 Å². The van der Waals surface area contributed by atoms with Crippen LogP contribution in [0, 0.1) is 0 Å². The van der Waals surface area contributed by atoms with Crippen LogP contribution in [0.25, 0.3) is 0 Å². The first-order chi connectivity index (χ1) is 7.21. The average molecular weight is 273 g/mol. The van der Waals surface area contributed by atoms with Crippen molar-refractivity contribution in [2.45, 2.75) is 24.6 Å². The van der Waals surface area contributed by atoms with E-state index < -0.39 is 0 Å². The molecule has 0 radical (unpaired) electrons. The molecule has 15 heavy (non-hydrogen) atoms. The maximum atomic E-state index is 5.25. The molecule has 0 aliphatic heterocycles. The minimum Gasteiger partial charge on any atom is -0.493 e. The van der Waals surface area contributed by atoms with Crippen molar-refractivity contribution in [3.63, 3.8) is 0 Å². The molecule has 0 aliphatic rings. The molecule has 1 rings (SSSR count). The Balaban J connectivity index is 2.83. The molecule has 1 aromatic rings. The zero-order valence-electron chi connectivity index (χ0n) is 9.42. The van der Waals surface area contributed by atoms with Gasteiger partial charge in [-0.1, -0.05) is 28.9 Å². The van der Waals surface area contributed by atoms with Crippen molar-refractivity contribution in [3.8, 4) is 11.5 Å². The summed E-state index contributed by atoms with van der Waals surface area (Å²) in [5, 5.41) is 0. The van der Waals surface area contributed by atoms with Gasteiger partial charge in [-0.25, -0.2) is 0 Å². The summed E-state index contributed by atoms with van der Waals surface area (Å²) in [6, 6.07) is 6.05. The van der Waals surface area contributed by atoms with Crippen LogP contribution in [-0.2, 0) is 6.42 Å². The lowest BCUT2D eigenvalue weighted by atomic mass is 10.1. The molecule has 0 bridgehead atoms. The molecule has 0 amide bonds. The van der Waals surface area contributed by atoms with Crippen molar-refractivity contribution in [3.05, 3.63) is 23.8 Å². The van der Waals surface area contributed by atoms with Gasteiger partial charge in [-0.2, -0.15) is 0 Å². The smallest absolute Gasteiger partial charge is 0.160 e. The van der Waals surface area contributed by atoms with Crippen molar-refractivity contribution in [1.82, 2.24) is 0 Å². The van der Waals surface area contributed by atoms with Crippen LogP contribution >= 0.6 is 15.9 Å². The third-order valence-corrected chi connectivity index (χ3v) is 3.32. The summed E-state index contributed by atoms with van der Waals surface area (Å²) in [4.78, 5) is 0.524. The fourth-order valence-electron chi connectivity index (χ4n) is 1.41. The van der Waals surface area contributed by atoms with E-state index in [9.17, 15) is 0 Å². The summed E-state index contributed by atoms with van der Waals surface area (Å²) in [5.41, 5.74) is 1.26. The van der Waals surface area contributed by atoms with Crippen LogP contribution < -0.4 is 9.47 Å². The van der Waals surface area contributed by atoms with E-state index in [1.54, 1.807) is 14.2 Å². The number of benzene rings is 1. The quantitative estimate of drug-likeness (QED) is 0.765. The van der Waals surface area contributed by atoms with E-state index in [1.807, 2.05) is 12.1 Å². The highest BCUT2D eigenvalue weighted by Gasteiger charge is 2.07. The van der Waals surface area contributed by atoms with Crippen molar-refractivity contribution in [2.75, 3.05) is 14.2 Å². The van der Waals surface area contributed by atoms with Crippen molar-refractivity contribution in [1.29, 1.82) is 0 Å². The SMILES string of the molecule is CCC(Br)Cc1ccc(OC)c(OC)c1. The van der Waals surface area contributed by atoms with Crippen molar-refractivity contribution >= 4 is 15.9 Å². The Hall–Kier alpha value is -0.700. The Bertz CT molecular complexity index is 312. The van der Waals surface area contributed by atoms with Crippen LogP contribution in [0.1, 0.15) is 18.9 Å². The van der Waals surface area contributed by atoms with Crippen LogP contribution in [-0.4, -0.2) is 19.0 Å². The standard InChI is InChI=1S/C12H17BrO2/c1-4-10(13)7-9-5-6-11(14-2)12(8-9)15-3/h5-6,8,10H,4,7H2,1-3H3. The number of rotatable bonds is 5. The van der Waals surface area contributed by atoms with Gasteiger partial charge in [-0.15, -0.1) is 0 Å². The Morgan fingerprint density at radius 3 is 2.40 bits per heavy atom. The zero-order valence-corrected chi connectivity index (χ0v) is 11.0. The van der Waals surface area contributed by atoms with Gasteiger partial charge >= 0.3 is 0 Å². The fraction of sp³-hybridized carbons (Fsp3) is 0.500. The largest absolute Gasteiger partial charge is 0.493 e. The lowest BCUT2D eigenvalue weighted by Crippen LogP contribution is -2.01. The third-order valence-electron chi connectivity index (χ3n) is 2.35. The van der Waals surface area contributed by atoms with Crippen LogP contribution in [0.3, 0.4) is 0 Å². The topological polar surface area (TPSA) is 18.5 Å². The molecule has 0 aromatic heterocycles. The number of hydrogen-bond acceptors (Lipinski definition) is 2. The van der Waals surface area contributed by atoms with Crippen LogP contribution in [0.2, 0.25) is 0 Å². The molecule has 2 nitrogen and oxygen atoms in total. The van der Waals surface area contributed by atoms with E-state index in [2.05, 4.69) is 28.9 Å². The summed E-state index contributed by atoms with van der Waals surface area (Å²) in [6.07, 6.45) is 2.13. The van der Waals surface area contributed by atoms with Gasteiger partial charge in [0.2, 0.25) is 0 Å². The first-order valence-corrected chi connectivity index (χ1v) is 5.97. The summed E-state index contributed by atoms with van der Waals surface area (Å²) in [5.74, 6) is 1.58. The Kier molecular flexibility index (Phi) is 4.95. The van der Waals surface area contributed by atoms with Gasteiger partial charge in [-0.3, -0.25) is 0 Å². The highest BCUT2D eigenvalue weighted by Crippen LogP contribution is 2.28. The van der Waals surface area contributed by atoms with Crippen LogP contribution in [0.4, 0.5) is 0 Å². The van der Waals surface area contributed by atoms with Crippen molar-refractivity contribution in [2.24, 2.45) is 0 Å². The molecule has 0 aliphatic carbocycles. The van der Waals surface area contributed by atoms with Gasteiger partial charge in [0.1, 0.15) is 0 Å². The van der Waals surface area contributed by atoms with Gasteiger partial charge in [0.05, 0.1) is 14.2 Å². The normalized spacial score (nSPS) is 12.3. The summed E-state index contributed by atoms with van der Waals surface area (Å²) in [7, 11) is 3.31. The second-order valence-corrected chi connectivity index (χ2v) is 4.69. The molecule has 3 heteroatoms. The highest BCUT2D eigenvalue weighted by atomic mass is 79.9. The molecule has 0 spiro atoms. The molecule has 1 aromatic carbocycles. The number of alkyl halides is 1. The molecule has 0 fully saturated rings. The maximum Gasteiger partial charge on any atom is 0.160 e. The number of ether oxygens (including phenoxy) is 2. The van der Waals surface area contributed by atoms with Gasteiger partial charge in [0.15, 0.2) is 11.5 Å².